The number of nitrogens with zero attached hydrogens (tertiary/aromatic N) is 2. The van der Waals surface area contributed by atoms with Crippen molar-refractivity contribution in [1.29, 1.82) is 0 Å². The highest BCUT2D eigenvalue weighted by atomic mass is 35.5. The summed E-state index contributed by atoms with van der Waals surface area (Å²) in [7, 11) is 2.05. The first-order valence-corrected chi connectivity index (χ1v) is 10.2. The van der Waals surface area contributed by atoms with Gasteiger partial charge in [-0.2, -0.15) is 0 Å². The molecule has 3 aromatic carbocycles. The maximum Gasteiger partial charge on any atom is 0.259 e. The van der Waals surface area contributed by atoms with E-state index in [2.05, 4.69) is 38.0 Å². The van der Waals surface area contributed by atoms with Crippen molar-refractivity contribution in [2.45, 2.75) is 13.1 Å². The zero-order valence-electron chi connectivity index (χ0n) is 16.8. The number of imide groups is 1. The molecule has 0 aliphatic carbocycles. The van der Waals surface area contributed by atoms with Gasteiger partial charge in [0.15, 0.2) is 0 Å². The van der Waals surface area contributed by atoms with Crippen LogP contribution in [0.2, 0.25) is 0 Å². The summed E-state index contributed by atoms with van der Waals surface area (Å²) in [6, 6.07) is 14.4. The Hall–Kier alpha value is -3.35. The molecule has 0 saturated carbocycles. The molecule has 0 fully saturated rings. The van der Waals surface area contributed by atoms with E-state index >= 15 is 0 Å². The number of benzene rings is 3. The number of aromatic nitrogens is 2. The number of rotatable bonds is 0. The standard InChI is InChI=1S/C24H18N4O2.ClH/c1-27-15-8-3-2-6-13(15)16-18-19(24(30)26-23(18)29)17-14-7-4-5-12-11-25-9-10-28(20(12)14)22(17)21(16)27;/h2-8,25H,9-11H2,1H3,(H,26,29,30);1H. The van der Waals surface area contributed by atoms with Crippen molar-refractivity contribution in [3.63, 3.8) is 0 Å². The number of hydrogen-bond donors (Lipinski definition) is 2. The van der Waals surface area contributed by atoms with Crippen molar-refractivity contribution >= 4 is 67.8 Å². The maximum atomic E-state index is 13.0. The molecule has 4 heterocycles. The molecule has 154 valence electrons. The molecule has 2 aliphatic rings. The Balaban J connectivity index is 0.00000185. The van der Waals surface area contributed by atoms with Crippen LogP contribution in [-0.2, 0) is 20.1 Å². The highest BCUT2D eigenvalue weighted by molar-refractivity contribution is 6.39. The van der Waals surface area contributed by atoms with Crippen LogP contribution >= 0.6 is 12.4 Å². The number of carbonyl (C=O) groups is 2. The molecule has 6 nitrogen and oxygen atoms in total. The van der Waals surface area contributed by atoms with Crippen LogP contribution in [-0.4, -0.2) is 27.5 Å². The molecular weight excluding hydrogens is 412 g/mol. The number of hydrogen-bond acceptors (Lipinski definition) is 3. The van der Waals surface area contributed by atoms with Crippen molar-refractivity contribution in [3.8, 4) is 0 Å². The predicted molar refractivity (Wildman–Crippen MR) is 124 cm³/mol. The molecule has 0 saturated heterocycles. The molecule has 0 spiro atoms. The number of amides is 2. The first-order valence-electron chi connectivity index (χ1n) is 10.2. The molecule has 2 aliphatic heterocycles. The average molecular weight is 431 g/mol. The van der Waals surface area contributed by atoms with E-state index in [0.29, 0.717) is 11.1 Å². The lowest BCUT2D eigenvalue weighted by Crippen LogP contribution is -2.20. The quantitative estimate of drug-likeness (QED) is 0.367. The van der Waals surface area contributed by atoms with E-state index in [1.165, 1.54) is 5.56 Å². The number of fused-ring (bicyclic) bond motifs is 10. The summed E-state index contributed by atoms with van der Waals surface area (Å²) >= 11 is 0. The van der Waals surface area contributed by atoms with Crippen LogP contribution in [0.5, 0.6) is 0 Å². The van der Waals surface area contributed by atoms with E-state index in [-0.39, 0.29) is 24.2 Å². The van der Waals surface area contributed by atoms with Crippen molar-refractivity contribution in [2.75, 3.05) is 6.54 Å². The summed E-state index contributed by atoms with van der Waals surface area (Å²) < 4.78 is 4.52. The van der Waals surface area contributed by atoms with Gasteiger partial charge < -0.3 is 14.5 Å². The second kappa shape index (κ2) is 6.09. The summed E-state index contributed by atoms with van der Waals surface area (Å²) in [5, 5.41) is 9.88. The second-order valence-electron chi connectivity index (χ2n) is 8.20. The average Bonchev–Trinajstić information content (AvgIpc) is 3.26. The maximum absolute atomic E-state index is 13.0. The Bertz CT molecular complexity index is 1630. The Morgan fingerprint density at radius 1 is 0.839 bits per heavy atom. The summed E-state index contributed by atoms with van der Waals surface area (Å²) in [5.41, 5.74) is 6.51. The molecule has 5 aromatic rings. The Morgan fingerprint density at radius 3 is 2.35 bits per heavy atom. The third-order valence-corrected chi connectivity index (χ3v) is 6.76. The number of aryl methyl sites for hydroxylation is 1. The van der Waals surface area contributed by atoms with Crippen molar-refractivity contribution in [3.05, 3.63) is 59.2 Å². The Morgan fingerprint density at radius 2 is 1.55 bits per heavy atom. The van der Waals surface area contributed by atoms with Crippen LogP contribution in [0.3, 0.4) is 0 Å². The smallest absolute Gasteiger partial charge is 0.259 e. The first-order chi connectivity index (χ1) is 14.7. The minimum atomic E-state index is -0.302. The molecule has 0 bridgehead atoms. The van der Waals surface area contributed by atoms with Crippen molar-refractivity contribution in [1.82, 2.24) is 19.8 Å². The topological polar surface area (TPSA) is 68.1 Å². The summed E-state index contributed by atoms with van der Waals surface area (Å²) in [6.07, 6.45) is 0. The summed E-state index contributed by atoms with van der Waals surface area (Å²) in [5.74, 6) is -0.599. The minimum Gasteiger partial charge on any atom is -0.342 e. The van der Waals surface area contributed by atoms with Gasteiger partial charge in [-0.3, -0.25) is 14.9 Å². The second-order valence-corrected chi connectivity index (χ2v) is 8.20. The fourth-order valence-corrected chi connectivity index (χ4v) is 5.62. The van der Waals surface area contributed by atoms with Crippen molar-refractivity contribution in [2.24, 2.45) is 7.05 Å². The van der Waals surface area contributed by atoms with Gasteiger partial charge >= 0.3 is 0 Å². The van der Waals surface area contributed by atoms with Crippen LogP contribution < -0.4 is 10.6 Å². The fourth-order valence-electron chi connectivity index (χ4n) is 5.62. The first kappa shape index (κ1) is 18.4. The van der Waals surface area contributed by atoms with E-state index < -0.39 is 0 Å². The van der Waals surface area contributed by atoms with Crippen LogP contribution in [0.4, 0.5) is 0 Å². The van der Waals surface area contributed by atoms with Crippen molar-refractivity contribution < 1.29 is 9.59 Å². The monoisotopic (exact) mass is 430 g/mol. The van der Waals surface area contributed by atoms with Gasteiger partial charge in [0.05, 0.1) is 27.7 Å². The highest BCUT2D eigenvalue weighted by Crippen LogP contribution is 2.45. The third-order valence-electron chi connectivity index (χ3n) is 6.76. The Kier molecular flexibility index (Phi) is 3.62. The van der Waals surface area contributed by atoms with E-state index in [0.717, 1.165) is 63.2 Å². The van der Waals surface area contributed by atoms with Gasteiger partial charge in [0.25, 0.3) is 11.8 Å². The SMILES string of the molecule is Cl.Cn1c2ccccc2c2c3c(c4c5cccc6c5n(c4c21)CCNC6)C(=O)NC3=O. The number of halogens is 1. The molecular formula is C24H19ClN4O2. The molecule has 7 rings (SSSR count). The van der Waals surface area contributed by atoms with Gasteiger partial charge in [0, 0.05) is 53.7 Å². The van der Waals surface area contributed by atoms with Crippen LogP contribution in [0, 0.1) is 0 Å². The van der Waals surface area contributed by atoms with E-state index in [9.17, 15) is 9.59 Å². The molecule has 31 heavy (non-hydrogen) atoms. The van der Waals surface area contributed by atoms with Gasteiger partial charge in [-0.25, -0.2) is 0 Å². The molecule has 7 heteroatoms. The van der Waals surface area contributed by atoms with Gasteiger partial charge in [-0.1, -0.05) is 36.4 Å². The van der Waals surface area contributed by atoms with Crippen LogP contribution in [0.25, 0.3) is 43.6 Å². The number of carbonyl (C=O) groups excluding carboxylic acids is 2. The van der Waals surface area contributed by atoms with E-state index in [1.807, 2.05) is 31.3 Å². The third kappa shape index (κ3) is 2.06. The highest BCUT2D eigenvalue weighted by Gasteiger charge is 2.36. The van der Waals surface area contributed by atoms with Gasteiger partial charge in [-0.15, -0.1) is 12.4 Å². The van der Waals surface area contributed by atoms with Gasteiger partial charge in [-0.05, 0) is 11.6 Å². The van der Waals surface area contributed by atoms with Gasteiger partial charge in [0.2, 0.25) is 0 Å². The van der Waals surface area contributed by atoms with E-state index in [4.69, 9.17) is 0 Å². The Labute approximate surface area is 183 Å². The molecule has 0 atom stereocenters. The lowest BCUT2D eigenvalue weighted by molar-refractivity contribution is 0.0880. The molecule has 0 unspecified atom stereocenters. The lowest BCUT2D eigenvalue weighted by Gasteiger charge is -2.10. The zero-order chi connectivity index (χ0) is 20.1. The zero-order valence-corrected chi connectivity index (χ0v) is 17.6. The lowest BCUT2D eigenvalue weighted by atomic mass is 9.96. The predicted octanol–water partition coefficient (Wildman–Crippen LogP) is 3.85. The van der Waals surface area contributed by atoms with E-state index in [1.54, 1.807) is 0 Å². The normalized spacial score (nSPS) is 15.5. The summed E-state index contributed by atoms with van der Waals surface area (Å²) in [4.78, 5) is 26.0. The molecule has 2 amide bonds. The van der Waals surface area contributed by atoms with Crippen LogP contribution in [0.1, 0.15) is 26.3 Å². The number of para-hydroxylation sites is 2. The molecule has 2 N–H and O–H groups in total. The van der Waals surface area contributed by atoms with Gasteiger partial charge in [0.1, 0.15) is 0 Å². The number of nitrogens with one attached hydrogen (secondary N) is 2. The molecule has 2 aromatic heterocycles. The largest absolute Gasteiger partial charge is 0.342 e. The fraction of sp³-hybridized carbons (Fsp3) is 0.167. The van der Waals surface area contributed by atoms with Crippen LogP contribution in [0.15, 0.2) is 42.5 Å². The minimum absolute atomic E-state index is 0. The molecule has 0 radical (unpaired) electrons. The summed E-state index contributed by atoms with van der Waals surface area (Å²) in [6.45, 7) is 2.45.